The Morgan fingerprint density at radius 2 is 1.72 bits per heavy atom. The van der Waals surface area contributed by atoms with Gasteiger partial charge in [0.1, 0.15) is 11.3 Å². The lowest BCUT2D eigenvalue weighted by Crippen LogP contribution is -2.56. The van der Waals surface area contributed by atoms with E-state index in [0.717, 1.165) is 16.7 Å². The van der Waals surface area contributed by atoms with E-state index in [0.29, 0.717) is 12.1 Å². The zero-order valence-electron chi connectivity index (χ0n) is 18.6. The van der Waals surface area contributed by atoms with Crippen LogP contribution in [-0.2, 0) is 26.3 Å². The van der Waals surface area contributed by atoms with Crippen LogP contribution in [0.1, 0.15) is 37.5 Å². The number of fused-ring (bicyclic) bond motifs is 4. The molecule has 0 aliphatic carbocycles. The van der Waals surface area contributed by atoms with Crippen LogP contribution in [0.5, 0.6) is 5.75 Å². The highest BCUT2D eigenvalue weighted by molar-refractivity contribution is 6.15. The molecular weight excluding hydrogens is 406 g/mol. The van der Waals surface area contributed by atoms with E-state index in [9.17, 15) is 19.5 Å². The summed E-state index contributed by atoms with van der Waals surface area (Å²) in [7, 11) is 0. The van der Waals surface area contributed by atoms with Gasteiger partial charge in [-0.3, -0.25) is 24.6 Å². The van der Waals surface area contributed by atoms with Crippen molar-refractivity contribution in [3.63, 3.8) is 0 Å². The molecule has 0 radical (unpaired) electrons. The van der Waals surface area contributed by atoms with Gasteiger partial charge < -0.3 is 10.4 Å². The summed E-state index contributed by atoms with van der Waals surface area (Å²) in [5, 5.41) is 16.0. The summed E-state index contributed by atoms with van der Waals surface area (Å²) in [4.78, 5) is 42.2. The van der Waals surface area contributed by atoms with Crippen LogP contribution in [0.2, 0.25) is 0 Å². The minimum Gasteiger partial charge on any atom is -0.508 e. The number of carbonyl (C=O) groups excluding carboxylic acids is 3. The molecule has 2 aromatic rings. The highest BCUT2D eigenvalue weighted by Gasteiger charge is 2.71. The maximum absolute atomic E-state index is 13.7. The highest BCUT2D eigenvalue weighted by Crippen LogP contribution is 2.54. The molecule has 3 aliphatic heterocycles. The molecule has 4 atom stereocenters. The van der Waals surface area contributed by atoms with Crippen molar-refractivity contribution in [3.05, 3.63) is 59.2 Å². The van der Waals surface area contributed by atoms with Gasteiger partial charge in [0.25, 0.3) is 0 Å². The number of carbonyl (C=O) groups is 3. The summed E-state index contributed by atoms with van der Waals surface area (Å²) in [6.45, 7) is 7.46. The van der Waals surface area contributed by atoms with E-state index in [1.807, 2.05) is 45.9 Å². The Hall–Kier alpha value is -3.19. The molecule has 1 spiro atoms. The quantitative estimate of drug-likeness (QED) is 0.632. The predicted octanol–water partition coefficient (Wildman–Crippen LogP) is 2.46. The zero-order valence-corrected chi connectivity index (χ0v) is 18.6. The number of nitrogens with one attached hydrogen (secondary N) is 2. The number of nitrogens with zero attached hydrogens (tertiary/aromatic N) is 1. The van der Waals surface area contributed by atoms with Gasteiger partial charge in [0, 0.05) is 22.8 Å². The maximum Gasteiger partial charge on any atom is 0.250 e. The fourth-order valence-electron chi connectivity index (χ4n) is 5.64. The highest BCUT2D eigenvalue weighted by atomic mass is 16.3. The standard InChI is InChI=1S/C25H27N3O4/c1-13-5-10-17-16(11-13)25(23(32)26-17)20-19(21(30)28(22(20)31)24(2,3)4)18(27-25)12-14-6-8-15(29)9-7-14/h5-11,18-20,27,29H,12H2,1-4H3,(H,26,32)/t18-,19-,20+,25+/m1/s1. The lowest BCUT2D eigenvalue weighted by atomic mass is 9.76. The number of imide groups is 1. The lowest BCUT2D eigenvalue weighted by molar-refractivity contribution is -0.147. The number of phenolic OH excluding ortho intramolecular Hbond substituents is 1. The number of hydrogen-bond acceptors (Lipinski definition) is 5. The number of hydrogen-bond donors (Lipinski definition) is 3. The van der Waals surface area contributed by atoms with Crippen molar-refractivity contribution in [2.45, 2.75) is 51.2 Å². The van der Waals surface area contributed by atoms with Crippen LogP contribution in [-0.4, -0.2) is 39.3 Å². The number of benzene rings is 2. The van der Waals surface area contributed by atoms with Crippen LogP contribution in [0.15, 0.2) is 42.5 Å². The first-order chi connectivity index (χ1) is 15.0. The molecule has 32 heavy (non-hydrogen) atoms. The molecule has 7 heteroatoms. The summed E-state index contributed by atoms with van der Waals surface area (Å²) >= 11 is 0. The van der Waals surface area contributed by atoms with Crippen molar-refractivity contribution in [1.29, 1.82) is 0 Å². The van der Waals surface area contributed by atoms with Crippen molar-refractivity contribution in [1.82, 2.24) is 10.2 Å². The molecule has 2 saturated heterocycles. The third kappa shape index (κ3) is 2.73. The normalized spacial score (nSPS) is 28.9. The molecule has 0 unspecified atom stereocenters. The van der Waals surface area contributed by atoms with Gasteiger partial charge >= 0.3 is 0 Å². The summed E-state index contributed by atoms with van der Waals surface area (Å²) in [5.74, 6) is -2.16. The fraction of sp³-hybridized carbons (Fsp3) is 0.400. The summed E-state index contributed by atoms with van der Waals surface area (Å²) in [6.07, 6.45) is 0.453. The second kappa shape index (κ2) is 6.65. The van der Waals surface area contributed by atoms with Gasteiger partial charge in [0.15, 0.2) is 0 Å². The number of aryl methyl sites for hydroxylation is 1. The van der Waals surface area contributed by atoms with Crippen molar-refractivity contribution in [2.75, 3.05) is 5.32 Å². The van der Waals surface area contributed by atoms with E-state index in [2.05, 4.69) is 10.6 Å². The second-order valence-electron chi connectivity index (χ2n) is 10.1. The first-order valence-corrected chi connectivity index (χ1v) is 10.9. The fourth-order valence-corrected chi connectivity index (χ4v) is 5.64. The molecular formula is C25H27N3O4. The Balaban J connectivity index is 1.66. The van der Waals surface area contributed by atoms with E-state index >= 15 is 0 Å². The number of likely N-dealkylation sites (tertiary alicyclic amines) is 1. The Labute approximate surface area is 186 Å². The number of phenols is 1. The molecule has 3 amide bonds. The average Bonchev–Trinajstić information content (AvgIpc) is 3.28. The van der Waals surface area contributed by atoms with E-state index < -0.39 is 29.0 Å². The van der Waals surface area contributed by atoms with Crippen LogP contribution < -0.4 is 10.6 Å². The molecule has 0 bridgehead atoms. The van der Waals surface area contributed by atoms with Crippen LogP contribution in [0.25, 0.3) is 0 Å². The van der Waals surface area contributed by atoms with Crippen LogP contribution >= 0.6 is 0 Å². The van der Waals surface area contributed by atoms with E-state index in [1.165, 1.54) is 4.90 Å². The van der Waals surface area contributed by atoms with E-state index in [-0.39, 0.29) is 23.5 Å². The number of amides is 3. The molecule has 5 rings (SSSR count). The Bertz CT molecular complexity index is 1150. The third-order valence-corrected chi connectivity index (χ3v) is 6.93. The Morgan fingerprint density at radius 1 is 1.03 bits per heavy atom. The Kier molecular flexibility index (Phi) is 4.30. The van der Waals surface area contributed by atoms with Crippen LogP contribution in [0.4, 0.5) is 5.69 Å². The molecule has 2 fully saturated rings. The summed E-state index contributed by atoms with van der Waals surface area (Å²) in [6, 6.07) is 12.1. The monoisotopic (exact) mass is 433 g/mol. The minimum absolute atomic E-state index is 0.160. The number of anilines is 1. The van der Waals surface area contributed by atoms with Gasteiger partial charge in [-0.05, 0) is 57.9 Å². The van der Waals surface area contributed by atoms with Gasteiger partial charge in [0.2, 0.25) is 17.7 Å². The molecule has 7 nitrogen and oxygen atoms in total. The van der Waals surface area contributed by atoms with Crippen molar-refractivity contribution >= 4 is 23.4 Å². The smallest absolute Gasteiger partial charge is 0.250 e. The average molecular weight is 434 g/mol. The van der Waals surface area contributed by atoms with Gasteiger partial charge in [-0.15, -0.1) is 0 Å². The molecule has 3 aliphatic rings. The number of rotatable bonds is 2. The molecule has 0 aromatic heterocycles. The maximum atomic E-state index is 13.7. The summed E-state index contributed by atoms with van der Waals surface area (Å²) in [5.41, 5.74) is 1.31. The van der Waals surface area contributed by atoms with Gasteiger partial charge in [-0.2, -0.15) is 0 Å². The van der Waals surface area contributed by atoms with Gasteiger partial charge in [-0.1, -0.05) is 29.8 Å². The molecule has 3 heterocycles. The second-order valence-corrected chi connectivity index (χ2v) is 10.1. The van der Waals surface area contributed by atoms with Crippen LogP contribution in [0, 0.1) is 18.8 Å². The molecule has 166 valence electrons. The van der Waals surface area contributed by atoms with Crippen molar-refractivity contribution < 1.29 is 19.5 Å². The SMILES string of the molecule is Cc1ccc2c(c1)[C@@]1(N[C@H](Cc3ccc(O)cc3)[C@H]3C(=O)N(C(C)(C)C)C(=O)[C@H]31)C(=O)N2. The van der Waals surface area contributed by atoms with Crippen molar-refractivity contribution in [3.8, 4) is 5.75 Å². The summed E-state index contributed by atoms with van der Waals surface area (Å²) < 4.78 is 0. The largest absolute Gasteiger partial charge is 0.508 e. The van der Waals surface area contributed by atoms with E-state index in [1.54, 1.807) is 24.3 Å². The van der Waals surface area contributed by atoms with Gasteiger partial charge in [0.05, 0.1) is 11.8 Å². The molecule has 2 aromatic carbocycles. The number of aromatic hydroxyl groups is 1. The Morgan fingerprint density at radius 3 is 2.38 bits per heavy atom. The molecule has 3 N–H and O–H groups in total. The van der Waals surface area contributed by atoms with Crippen molar-refractivity contribution in [2.24, 2.45) is 11.8 Å². The first kappa shape index (κ1) is 20.7. The zero-order chi connectivity index (χ0) is 23.0. The third-order valence-electron chi connectivity index (χ3n) is 6.93. The van der Waals surface area contributed by atoms with E-state index in [4.69, 9.17) is 0 Å². The first-order valence-electron chi connectivity index (χ1n) is 10.9. The van der Waals surface area contributed by atoms with Crippen LogP contribution in [0.3, 0.4) is 0 Å². The lowest BCUT2D eigenvalue weighted by Gasteiger charge is -2.34. The van der Waals surface area contributed by atoms with Gasteiger partial charge in [-0.25, -0.2) is 0 Å². The predicted molar refractivity (Wildman–Crippen MR) is 119 cm³/mol. The molecule has 0 saturated carbocycles. The topological polar surface area (TPSA) is 98.7 Å². The minimum atomic E-state index is -1.29.